The molecule has 4 aromatic rings. The molecule has 0 aromatic heterocycles. The molecule has 7 nitrogen and oxygen atoms in total. The van der Waals surface area contributed by atoms with Crippen LogP contribution in [-0.4, -0.2) is 44.3 Å². The van der Waals surface area contributed by atoms with Gasteiger partial charge in [0.15, 0.2) is 0 Å². The van der Waals surface area contributed by atoms with E-state index in [1.54, 1.807) is 42.5 Å². The molecular formula is C33H33ClFN3O4S. The van der Waals surface area contributed by atoms with E-state index < -0.39 is 34.3 Å². The molecule has 0 aliphatic rings. The van der Waals surface area contributed by atoms with Crippen molar-refractivity contribution in [3.63, 3.8) is 0 Å². The number of carbonyl (C=O) groups excluding carboxylic acids is 2. The van der Waals surface area contributed by atoms with Crippen molar-refractivity contribution >= 4 is 39.1 Å². The molecule has 0 fully saturated rings. The Morgan fingerprint density at radius 1 is 0.837 bits per heavy atom. The SMILES string of the molecule is CCCNC(=O)C(Cc1ccccc1)N(Cc1ccc(Cl)cc1)C(=O)CN(c1ccccc1F)S(=O)(=O)c1ccccc1. The summed E-state index contributed by atoms with van der Waals surface area (Å²) in [6, 6.07) is 28.0. The van der Waals surface area contributed by atoms with Gasteiger partial charge in [0, 0.05) is 24.5 Å². The maximum atomic E-state index is 15.1. The van der Waals surface area contributed by atoms with Gasteiger partial charge in [-0.15, -0.1) is 0 Å². The number of sulfonamides is 1. The molecule has 0 saturated carbocycles. The normalized spacial score (nSPS) is 11.9. The minimum absolute atomic E-state index is 0.0104. The zero-order valence-corrected chi connectivity index (χ0v) is 25.3. The Bertz CT molecular complexity index is 1620. The molecule has 43 heavy (non-hydrogen) atoms. The third-order valence-corrected chi connectivity index (χ3v) is 8.84. The monoisotopic (exact) mass is 621 g/mol. The maximum Gasteiger partial charge on any atom is 0.264 e. The zero-order chi connectivity index (χ0) is 30.8. The van der Waals surface area contributed by atoms with E-state index in [2.05, 4.69) is 5.32 Å². The summed E-state index contributed by atoms with van der Waals surface area (Å²) in [5.41, 5.74) is 1.22. The number of hydrogen-bond donors (Lipinski definition) is 1. The van der Waals surface area contributed by atoms with Gasteiger partial charge in [-0.05, 0) is 53.9 Å². The van der Waals surface area contributed by atoms with Crippen LogP contribution in [0.2, 0.25) is 5.02 Å². The average Bonchev–Trinajstić information content (AvgIpc) is 3.02. The van der Waals surface area contributed by atoms with Crippen molar-refractivity contribution in [1.29, 1.82) is 0 Å². The molecule has 4 rings (SSSR count). The van der Waals surface area contributed by atoms with Crippen molar-refractivity contribution in [2.45, 2.75) is 37.2 Å². The van der Waals surface area contributed by atoms with Gasteiger partial charge in [0.2, 0.25) is 11.8 Å². The summed E-state index contributed by atoms with van der Waals surface area (Å²) < 4.78 is 43.6. The molecule has 0 saturated heterocycles. The largest absolute Gasteiger partial charge is 0.354 e. The van der Waals surface area contributed by atoms with Crippen LogP contribution in [0.15, 0.2) is 114 Å². The summed E-state index contributed by atoms with van der Waals surface area (Å²) in [4.78, 5) is 29.2. The first kappa shape index (κ1) is 31.7. The van der Waals surface area contributed by atoms with E-state index >= 15 is 4.39 Å². The molecule has 0 aliphatic heterocycles. The van der Waals surface area contributed by atoms with Gasteiger partial charge in [-0.25, -0.2) is 12.8 Å². The van der Waals surface area contributed by atoms with Gasteiger partial charge >= 0.3 is 0 Å². The third-order valence-electron chi connectivity index (χ3n) is 6.82. The molecule has 224 valence electrons. The molecule has 0 aliphatic carbocycles. The van der Waals surface area contributed by atoms with Crippen LogP contribution < -0.4 is 9.62 Å². The number of carbonyl (C=O) groups is 2. The molecule has 2 amide bonds. The number of hydrogen-bond acceptors (Lipinski definition) is 4. The second kappa shape index (κ2) is 14.8. The highest BCUT2D eigenvalue weighted by Crippen LogP contribution is 2.27. The van der Waals surface area contributed by atoms with Crippen molar-refractivity contribution in [1.82, 2.24) is 10.2 Å². The number of halogens is 2. The number of rotatable bonds is 13. The van der Waals surface area contributed by atoms with Crippen LogP contribution in [-0.2, 0) is 32.6 Å². The second-order valence-corrected chi connectivity index (χ2v) is 12.2. The first-order chi connectivity index (χ1) is 20.7. The molecular weight excluding hydrogens is 589 g/mol. The van der Waals surface area contributed by atoms with E-state index in [0.29, 0.717) is 23.6 Å². The summed E-state index contributed by atoms with van der Waals surface area (Å²) in [6.45, 7) is 1.57. The predicted octanol–water partition coefficient (Wildman–Crippen LogP) is 5.84. The maximum absolute atomic E-state index is 15.1. The highest BCUT2D eigenvalue weighted by atomic mass is 35.5. The second-order valence-electron chi connectivity index (χ2n) is 9.92. The summed E-state index contributed by atoms with van der Waals surface area (Å²) >= 11 is 6.09. The van der Waals surface area contributed by atoms with Gasteiger partial charge < -0.3 is 10.2 Å². The van der Waals surface area contributed by atoms with Crippen LogP contribution in [0.3, 0.4) is 0 Å². The van der Waals surface area contributed by atoms with E-state index in [4.69, 9.17) is 11.6 Å². The lowest BCUT2D eigenvalue weighted by molar-refractivity contribution is -0.140. The Balaban J connectivity index is 1.79. The molecule has 4 aromatic carbocycles. The molecule has 0 spiro atoms. The number of benzene rings is 4. The molecule has 1 unspecified atom stereocenters. The Labute approximate surface area is 257 Å². The predicted molar refractivity (Wildman–Crippen MR) is 167 cm³/mol. The fraction of sp³-hybridized carbons (Fsp3) is 0.212. The van der Waals surface area contributed by atoms with Crippen molar-refractivity contribution < 1.29 is 22.4 Å². The Kier molecular flexibility index (Phi) is 10.9. The van der Waals surface area contributed by atoms with E-state index in [1.807, 2.05) is 37.3 Å². The van der Waals surface area contributed by atoms with Crippen molar-refractivity contribution in [2.24, 2.45) is 0 Å². The molecule has 0 radical (unpaired) electrons. The number of amides is 2. The third kappa shape index (κ3) is 8.21. The lowest BCUT2D eigenvalue weighted by Crippen LogP contribution is -2.53. The summed E-state index contributed by atoms with van der Waals surface area (Å²) in [7, 11) is -4.37. The van der Waals surface area contributed by atoms with Crippen LogP contribution >= 0.6 is 11.6 Å². The minimum atomic E-state index is -4.37. The van der Waals surface area contributed by atoms with E-state index in [9.17, 15) is 18.0 Å². The lowest BCUT2D eigenvalue weighted by Gasteiger charge is -2.34. The van der Waals surface area contributed by atoms with Crippen molar-refractivity contribution in [3.05, 3.63) is 131 Å². The molecule has 0 bridgehead atoms. The van der Waals surface area contributed by atoms with E-state index in [0.717, 1.165) is 15.9 Å². The summed E-state index contributed by atoms with van der Waals surface area (Å²) in [5, 5.41) is 3.39. The van der Waals surface area contributed by atoms with Crippen molar-refractivity contribution in [3.8, 4) is 0 Å². The number of para-hydroxylation sites is 1. The first-order valence-corrected chi connectivity index (χ1v) is 15.7. The van der Waals surface area contributed by atoms with Gasteiger partial charge in [-0.1, -0.05) is 91.3 Å². The highest BCUT2D eigenvalue weighted by Gasteiger charge is 2.35. The quantitative estimate of drug-likeness (QED) is 0.203. The minimum Gasteiger partial charge on any atom is -0.354 e. The van der Waals surface area contributed by atoms with Gasteiger partial charge in [0.05, 0.1) is 10.6 Å². The average molecular weight is 622 g/mol. The van der Waals surface area contributed by atoms with Crippen LogP contribution in [0.5, 0.6) is 0 Å². The van der Waals surface area contributed by atoms with Gasteiger partial charge in [0.1, 0.15) is 18.4 Å². The fourth-order valence-corrected chi connectivity index (χ4v) is 6.16. The van der Waals surface area contributed by atoms with Crippen LogP contribution in [0, 0.1) is 5.82 Å². The van der Waals surface area contributed by atoms with Crippen LogP contribution in [0.1, 0.15) is 24.5 Å². The molecule has 1 N–H and O–H groups in total. The highest BCUT2D eigenvalue weighted by molar-refractivity contribution is 7.92. The molecule has 10 heteroatoms. The number of nitrogens with zero attached hydrogens (tertiary/aromatic N) is 2. The van der Waals surface area contributed by atoms with Gasteiger partial charge in [-0.2, -0.15) is 0 Å². The van der Waals surface area contributed by atoms with Crippen LogP contribution in [0.4, 0.5) is 10.1 Å². The Morgan fingerprint density at radius 3 is 2.07 bits per heavy atom. The standard InChI is InChI=1S/C33H33ClFN3O4S/c1-2-21-36-33(40)31(22-25-11-5-3-6-12-25)37(23-26-17-19-27(34)20-18-26)32(39)24-38(30-16-10-9-15-29(30)35)43(41,42)28-13-7-4-8-14-28/h3-20,31H,2,21-24H2,1H3,(H,36,40). The Hall–Kier alpha value is -4.21. The summed E-state index contributed by atoms with van der Waals surface area (Å²) in [6.07, 6.45) is 0.867. The van der Waals surface area contributed by atoms with Crippen LogP contribution in [0.25, 0.3) is 0 Å². The molecule has 0 heterocycles. The lowest BCUT2D eigenvalue weighted by atomic mass is 10.0. The van der Waals surface area contributed by atoms with Gasteiger partial charge in [0.25, 0.3) is 10.0 Å². The van der Waals surface area contributed by atoms with E-state index in [-0.39, 0.29) is 29.5 Å². The zero-order valence-electron chi connectivity index (χ0n) is 23.7. The first-order valence-electron chi connectivity index (χ1n) is 13.9. The summed E-state index contributed by atoms with van der Waals surface area (Å²) in [5.74, 6) is -1.86. The number of nitrogens with one attached hydrogen (secondary N) is 1. The fourth-order valence-electron chi connectivity index (χ4n) is 4.59. The van der Waals surface area contributed by atoms with Crippen molar-refractivity contribution in [2.75, 3.05) is 17.4 Å². The van der Waals surface area contributed by atoms with Gasteiger partial charge in [-0.3, -0.25) is 13.9 Å². The molecule has 1 atom stereocenters. The smallest absolute Gasteiger partial charge is 0.264 e. The number of anilines is 1. The topological polar surface area (TPSA) is 86.8 Å². The Morgan fingerprint density at radius 2 is 1.44 bits per heavy atom. The van der Waals surface area contributed by atoms with E-state index in [1.165, 1.54) is 35.2 Å².